The Hall–Kier alpha value is -3.00. The van der Waals surface area contributed by atoms with Crippen LogP contribution in [0.4, 0.5) is 5.69 Å². The molecule has 7 nitrogen and oxygen atoms in total. The molecule has 0 bridgehead atoms. The Morgan fingerprint density at radius 2 is 1.91 bits per heavy atom. The molecule has 0 saturated heterocycles. The maximum atomic E-state index is 13.2. The molecule has 0 unspecified atom stereocenters. The number of anilines is 1. The van der Waals surface area contributed by atoms with E-state index in [1.807, 2.05) is 30.3 Å². The second kappa shape index (κ2) is 9.09. The van der Waals surface area contributed by atoms with Gasteiger partial charge in [0.25, 0.3) is 11.5 Å². The van der Waals surface area contributed by atoms with E-state index in [1.54, 1.807) is 16.4 Å². The van der Waals surface area contributed by atoms with Gasteiger partial charge in [-0.25, -0.2) is 9.78 Å². The van der Waals surface area contributed by atoms with E-state index in [0.29, 0.717) is 27.2 Å². The van der Waals surface area contributed by atoms with Crippen LogP contribution in [-0.4, -0.2) is 34.1 Å². The molecule has 0 spiro atoms. The van der Waals surface area contributed by atoms with Crippen molar-refractivity contribution in [3.05, 3.63) is 57.0 Å². The molecule has 1 amide bonds. The Kier molecular flexibility index (Phi) is 6.01. The highest BCUT2D eigenvalue weighted by atomic mass is 32.1. The monoisotopic (exact) mass is 465 g/mol. The van der Waals surface area contributed by atoms with Crippen molar-refractivity contribution in [1.82, 2.24) is 9.55 Å². The van der Waals surface area contributed by atoms with Crippen LogP contribution in [0.1, 0.15) is 59.6 Å². The number of hydrogen-bond donors (Lipinski definition) is 0. The maximum Gasteiger partial charge on any atom is 0.349 e. The van der Waals surface area contributed by atoms with E-state index in [0.717, 1.165) is 50.0 Å². The molecule has 0 N–H and O–H groups in total. The van der Waals surface area contributed by atoms with Gasteiger partial charge in [0, 0.05) is 24.7 Å². The predicted molar refractivity (Wildman–Crippen MR) is 128 cm³/mol. The van der Waals surface area contributed by atoms with Crippen LogP contribution in [0.5, 0.6) is 0 Å². The van der Waals surface area contributed by atoms with Crippen LogP contribution in [0.3, 0.4) is 0 Å². The van der Waals surface area contributed by atoms with Gasteiger partial charge in [-0.1, -0.05) is 37.5 Å². The number of carbonyl (C=O) groups excluding carboxylic acids is 2. The van der Waals surface area contributed by atoms with E-state index < -0.39 is 5.97 Å². The fraction of sp³-hybridized carbons (Fsp3) is 0.440. The Labute approximate surface area is 196 Å². The number of fused-ring (bicyclic) bond motifs is 2. The Bertz CT molecular complexity index is 1260. The van der Waals surface area contributed by atoms with E-state index in [2.05, 4.69) is 4.98 Å². The van der Waals surface area contributed by atoms with Crippen molar-refractivity contribution < 1.29 is 14.3 Å². The van der Waals surface area contributed by atoms with Crippen LogP contribution < -0.4 is 10.5 Å². The third kappa shape index (κ3) is 4.08. The Balaban J connectivity index is 1.36. The number of carbonyl (C=O) groups is 2. The van der Waals surface area contributed by atoms with Crippen LogP contribution in [0.25, 0.3) is 10.2 Å². The lowest BCUT2D eigenvalue weighted by Gasteiger charge is -2.34. The van der Waals surface area contributed by atoms with Crippen LogP contribution in [0, 0.1) is 6.92 Å². The fourth-order valence-corrected chi connectivity index (χ4v) is 6.10. The second-order valence-electron chi connectivity index (χ2n) is 8.79. The topological polar surface area (TPSA) is 81.5 Å². The minimum Gasteiger partial charge on any atom is -0.451 e. The normalized spacial score (nSPS) is 16.0. The second-order valence-corrected chi connectivity index (χ2v) is 9.79. The number of hydrogen-bond acceptors (Lipinski definition) is 6. The van der Waals surface area contributed by atoms with Gasteiger partial charge in [0.1, 0.15) is 15.5 Å². The third-order valence-electron chi connectivity index (χ3n) is 6.67. The third-order valence-corrected chi connectivity index (χ3v) is 7.83. The van der Waals surface area contributed by atoms with Gasteiger partial charge in [0.15, 0.2) is 6.61 Å². The van der Waals surface area contributed by atoms with E-state index >= 15 is 0 Å². The first-order valence-corrected chi connectivity index (χ1v) is 12.4. The first-order valence-electron chi connectivity index (χ1n) is 11.6. The largest absolute Gasteiger partial charge is 0.451 e. The zero-order valence-corrected chi connectivity index (χ0v) is 19.5. The number of rotatable bonds is 5. The van der Waals surface area contributed by atoms with E-state index in [1.165, 1.54) is 17.8 Å². The van der Waals surface area contributed by atoms with Crippen LogP contribution >= 0.6 is 11.3 Å². The number of amides is 1. The number of aryl methyl sites for hydroxylation is 2. The molecule has 2 aromatic heterocycles. The van der Waals surface area contributed by atoms with Crippen molar-refractivity contribution in [2.75, 3.05) is 11.5 Å². The lowest BCUT2D eigenvalue weighted by molar-refractivity contribution is -0.122. The molecule has 3 heterocycles. The van der Waals surface area contributed by atoms with Gasteiger partial charge >= 0.3 is 5.97 Å². The van der Waals surface area contributed by atoms with Crippen molar-refractivity contribution in [2.24, 2.45) is 0 Å². The predicted octanol–water partition coefficient (Wildman–Crippen LogP) is 4.24. The highest BCUT2D eigenvalue weighted by Crippen LogP contribution is 2.30. The molecule has 1 aliphatic heterocycles. The summed E-state index contributed by atoms with van der Waals surface area (Å²) in [5.74, 6) is -0.0303. The summed E-state index contributed by atoms with van der Waals surface area (Å²) in [6, 6.07) is 9.70. The number of thiophene rings is 1. The van der Waals surface area contributed by atoms with Crippen molar-refractivity contribution in [1.29, 1.82) is 0 Å². The van der Waals surface area contributed by atoms with Gasteiger partial charge < -0.3 is 9.64 Å². The van der Waals surface area contributed by atoms with Gasteiger partial charge in [-0.2, -0.15) is 0 Å². The minimum atomic E-state index is -0.579. The summed E-state index contributed by atoms with van der Waals surface area (Å²) in [7, 11) is 0. The zero-order chi connectivity index (χ0) is 22.9. The molecule has 33 heavy (non-hydrogen) atoms. The molecule has 1 aromatic carbocycles. The van der Waals surface area contributed by atoms with Crippen molar-refractivity contribution in [2.45, 2.75) is 64.5 Å². The number of aromatic nitrogens is 2. The highest BCUT2D eigenvalue weighted by Gasteiger charge is 2.29. The van der Waals surface area contributed by atoms with Gasteiger partial charge in [-0.15, -0.1) is 11.3 Å². The molecule has 172 valence electrons. The van der Waals surface area contributed by atoms with E-state index in [-0.39, 0.29) is 24.1 Å². The van der Waals surface area contributed by atoms with Crippen molar-refractivity contribution in [3.63, 3.8) is 0 Å². The average molecular weight is 466 g/mol. The molecular weight excluding hydrogens is 438 g/mol. The van der Waals surface area contributed by atoms with Crippen molar-refractivity contribution >= 4 is 39.1 Å². The maximum absolute atomic E-state index is 13.2. The van der Waals surface area contributed by atoms with Gasteiger partial charge in [0.2, 0.25) is 0 Å². The van der Waals surface area contributed by atoms with Gasteiger partial charge in [-0.05, 0) is 43.9 Å². The Morgan fingerprint density at radius 3 is 2.67 bits per heavy atom. The summed E-state index contributed by atoms with van der Waals surface area (Å²) >= 11 is 1.17. The highest BCUT2D eigenvalue weighted by molar-refractivity contribution is 7.20. The summed E-state index contributed by atoms with van der Waals surface area (Å²) in [5, 5.41) is 0.483. The van der Waals surface area contributed by atoms with Crippen LogP contribution in [0.15, 0.2) is 35.1 Å². The smallest absolute Gasteiger partial charge is 0.349 e. The zero-order valence-electron chi connectivity index (χ0n) is 18.7. The first-order chi connectivity index (χ1) is 16.0. The minimum absolute atomic E-state index is 0.0936. The summed E-state index contributed by atoms with van der Waals surface area (Å²) in [4.78, 5) is 46.3. The molecule has 1 fully saturated rings. The van der Waals surface area contributed by atoms with Crippen LogP contribution in [0.2, 0.25) is 0 Å². The lowest BCUT2D eigenvalue weighted by Crippen LogP contribution is -2.43. The van der Waals surface area contributed by atoms with Crippen molar-refractivity contribution in [3.8, 4) is 0 Å². The Morgan fingerprint density at radius 1 is 1.15 bits per heavy atom. The summed E-state index contributed by atoms with van der Waals surface area (Å²) < 4.78 is 7.17. The SMILES string of the molecule is Cc1c(C(=O)OCC(=O)N(c2ccccc2)C2CCCCC2)sc2nc3n(c(=O)c12)CCC3. The van der Waals surface area contributed by atoms with E-state index in [4.69, 9.17) is 4.74 Å². The summed E-state index contributed by atoms with van der Waals surface area (Å²) in [5.41, 5.74) is 1.32. The quantitative estimate of drug-likeness (QED) is 0.527. The fourth-order valence-electron chi connectivity index (χ4n) is 5.02. The summed E-state index contributed by atoms with van der Waals surface area (Å²) in [6.45, 7) is 2.08. The molecule has 0 radical (unpaired) electrons. The van der Waals surface area contributed by atoms with Gasteiger partial charge in [0.05, 0.1) is 5.39 Å². The molecular formula is C25H27N3O4S. The lowest BCUT2D eigenvalue weighted by atomic mass is 9.93. The number of benzene rings is 1. The standard InChI is InChI=1S/C25H27N3O4S/c1-16-21-23(26-19-13-8-14-27(19)24(21)30)33-22(16)25(31)32-15-20(29)28(17-9-4-2-5-10-17)18-11-6-3-7-12-18/h2,4-5,9-10,18H,3,6-8,11-15H2,1H3. The molecule has 1 aliphatic carbocycles. The summed E-state index contributed by atoms with van der Waals surface area (Å²) in [6.07, 6.45) is 6.95. The first kappa shape index (κ1) is 21.8. The number of para-hydroxylation sites is 1. The van der Waals surface area contributed by atoms with Gasteiger partial charge in [-0.3, -0.25) is 14.2 Å². The molecule has 5 rings (SSSR count). The number of esters is 1. The number of ether oxygens (including phenoxy) is 1. The molecule has 0 atom stereocenters. The number of nitrogens with zero attached hydrogens (tertiary/aromatic N) is 3. The molecule has 3 aromatic rings. The molecule has 1 saturated carbocycles. The molecule has 2 aliphatic rings. The van der Waals surface area contributed by atoms with E-state index in [9.17, 15) is 14.4 Å². The van der Waals surface area contributed by atoms with Crippen LogP contribution in [-0.2, 0) is 22.5 Å². The molecule has 8 heteroatoms. The average Bonchev–Trinajstić information content (AvgIpc) is 3.44.